The van der Waals surface area contributed by atoms with Crippen molar-refractivity contribution in [3.63, 3.8) is 0 Å². The second-order valence-corrected chi connectivity index (χ2v) is 7.98. The lowest BCUT2D eigenvalue weighted by atomic mass is 10.2. The molecule has 0 aliphatic carbocycles. The number of nitrogens with one attached hydrogen (secondary N) is 1. The fraction of sp³-hybridized carbons (Fsp3) is 0.200. The van der Waals surface area contributed by atoms with E-state index in [1.54, 1.807) is 44.2 Å². The van der Waals surface area contributed by atoms with Crippen LogP contribution in [0.4, 0.5) is 18.9 Å². The van der Waals surface area contributed by atoms with Gasteiger partial charge in [0, 0.05) is 21.5 Å². The molecule has 1 amide bonds. The molecule has 3 aromatic rings. The summed E-state index contributed by atoms with van der Waals surface area (Å²) in [6.45, 7) is 3.14. The van der Waals surface area contributed by atoms with Gasteiger partial charge >= 0.3 is 6.18 Å². The summed E-state index contributed by atoms with van der Waals surface area (Å²) >= 11 is 7.58. The smallest absolute Gasteiger partial charge is 0.322 e. The Balaban J connectivity index is 1.77. The first-order chi connectivity index (χ1) is 13.7. The summed E-state index contributed by atoms with van der Waals surface area (Å²) in [6.07, 6.45) is -3.75. The van der Waals surface area contributed by atoms with Crippen LogP contribution in [0, 0.1) is 0 Å². The van der Waals surface area contributed by atoms with Crippen molar-refractivity contribution in [2.75, 3.05) is 5.32 Å². The van der Waals surface area contributed by atoms with Crippen molar-refractivity contribution >= 4 is 35.0 Å². The molecule has 0 aliphatic heterocycles. The summed E-state index contributed by atoms with van der Waals surface area (Å²) in [5, 5.41) is 6.85. The first kappa shape index (κ1) is 21.3. The van der Waals surface area contributed by atoms with Crippen LogP contribution in [0.1, 0.15) is 35.9 Å². The highest BCUT2D eigenvalue weighted by Gasteiger charge is 2.40. The van der Waals surface area contributed by atoms with Gasteiger partial charge in [-0.1, -0.05) is 35.5 Å². The summed E-state index contributed by atoms with van der Waals surface area (Å²) in [5.74, 6) is -0.865. The SMILES string of the molecule is CC(C)n1ncc(C(=O)Nc2ccc(Sc3ccccc3Cl)cc2)c1C(F)(F)F. The number of benzene rings is 2. The van der Waals surface area contributed by atoms with E-state index in [-0.39, 0.29) is 0 Å². The summed E-state index contributed by atoms with van der Waals surface area (Å²) in [7, 11) is 0. The number of amides is 1. The van der Waals surface area contributed by atoms with Gasteiger partial charge in [-0.05, 0) is 50.2 Å². The summed E-state index contributed by atoms with van der Waals surface area (Å²) in [4.78, 5) is 14.2. The number of carbonyl (C=O) groups excluding carboxylic acids is 1. The number of halogens is 4. The Hall–Kier alpha value is -2.45. The van der Waals surface area contributed by atoms with Crippen molar-refractivity contribution < 1.29 is 18.0 Å². The molecule has 152 valence electrons. The standard InChI is InChI=1S/C20H17ClF3N3OS/c1-12(2)27-18(20(22,23)24)15(11-25-27)19(28)26-13-7-9-14(10-8-13)29-17-6-4-3-5-16(17)21/h3-12H,1-2H3,(H,26,28). The zero-order valence-corrected chi connectivity index (χ0v) is 17.1. The van der Waals surface area contributed by atoms with E-state index in [1.165, 1.54) is 11.8 Å². The van der Waals surface area contributed by atoms with E-state index >= 15 is 0 Å². The number of hydrogen-bond acceptors (Lipinski definition) is 3. The zero-order valence-electron chi connectivity index (χ0n) is 15.5. The highest BCUT2D eigenvalue weighted by molar-refractivity contribution is 7.99. The predicted octanol–water partition coefficient (Wildman–Crippen LogP) is 6.54. The minimum Gasteiger partial charge on any atom is -0.322 e. The number of anilines is 1. The molecule has 0 spiro atoms. The zero-order chi connectivity index (χ0) is 21.2. The number of hydrogen-bond donors (Lipinski definition) is 1. The van der Waals surface area contributed by atoms with Crippen molar-refractivity contribution in [3.05, 3.63) is 71.0 Å². The monoisotopic (exact) mass is 439 g/mol. The third-order valence-corrected chi connectivity index (χ3v) is 5.50. The van der Waals surface area contributed by atoms with Crippen LogP contribution in [0.5, 0.6) is 0 Å². The van der Waals surface area contributed by atoms with Crippen molar-refractivity contribution in [2.24, 2.45) is 0 Å². The number of aromatic nitrogens is 2. The van der Waals surface area contributed by atoms with E-state index < -0.39 is 29.4 Å². The maximum atomic E-state index is 13.4. The number of nitrogens with zero attached hydrogens (tertiary/aromatic N) is 2. The van der Waals surface area contributed by atoms with E-state index in [2.05, 4.69) is 10.4 Å². The Labute approximate surface area is 175 Å². The van der Waals surface area contributed by atoms with Gasteiger partial charge in [0.1, 0.15) is 0 Å². The molecule has 1 aromatic heterocycles. The Bertz CT molecular complexity index is 1020. The van der Waals surface area contributed by atoms with Gasteiger partial charge in [-0.15, -0.1) is 0 Å². The van der Waals surface area contributed by atoms with Crippen LogP contribution < -0.4 is 5.32 Å². The van der Waals surface area contributed by atoms with Crippen LogP contribution in [-0.4, -0.2) is 15.7 Å². The lowest BCUT2D eigenvalue weighted by Gasteiger charge is -2.15. The number of rotatable bonds is 5. The topological polar surface area (TPSA) is 46.9 Å². The predicted molar refractivity (Wildman–Crippen MR) is 108 cm³/mol. The average molecular weight is 440 g/mol. The molecule has 0 bridgehead atoms. The molecular formula is C20H17ClF3N3OS. The van der Waals surface area contributed by atoms with Gasteiger partial charge in [-0.25, -0.2) is 0 Å². The molecule has 0 atom stereocenters. The molecule has 2 aromatic carbocycles. The summed E-state index contributed by atoms with van der Waals surface area (Å²) in [6, 6.07) is 13.6. The molecule has 9 heteroatoms. The van der Waals surface area contributed by atoms with Crippen molar-refractivity contribution in [3.8, 4) is 0 Å². The first-order valence-electron chi connectivity index (χ1n) is 8.65. The van der Waals surface area contributed by atoms with Crippen LogP contribution in [-0.2, 0) is 6.18 Å². The molecular weight excluding hydrogens is 423 g/mol. The van der Waals surface area contributed by atoms with E-state index in [0.29, 0.717) is 10.7 Å². The highest BCUT2D eigenvalue weighted by atomic mass is 35.5. The van der Waals surface area contributed by atoms with Crippen molar-refractivity contribution in [2.45, 2.75) is 35.9 Å². The maximum Gasteiger partial charge on any atom is 0.433 e. The molecule has 0 aliphatic rings. The molecule has 3 rings (SSSR count). The third kappa shape index (κ3) is 4.94. The lowest BCUT2D eigenvalue weighted by Crippen LogP contribution is -2.22. The number of carbonyl (C=O) groups is 1. The molecule has 0 radical (unpaired) electrons. The Kier molecular flexibility index (Phi) is 6.24. The molecule has 1 heterocycles. The normalized spacial score (nSPS) is 11.7. The Morgan fingerprint density at radius 1 is 1.14 bits per heavy atom. The van der Waals surface area contributed by atoms with E-state index in [9.17, 15) is 18.0 Å². The second kappa shape index (κ2) is 8.51. The van der Waals surface area contributed by atoms with Crippen LogP contribution in [0.25, 0.3) is 0 Å². The molecule has 4 nitrogen and oxygen atoms in total. The molecule has 0 saturated carbocycles. The highest BCUT2D eigenvalue weighted by Crippen LogP contribution is 2.35. The van der Waals surface area contributed by atoms with Gasteiger partial charge in [-0.3, -0.25) is 9.48 Å². The summed E-state index contributed by atoms with van der Waals surface area (Å²) in [5.41, 5.74) is -1.19. The van der Waals surface area contributed by atoms with Gasteiger partial charge in [0.25, 0.3) is 5.91 Å². The van der Waals surface area contributed by atoms with E-state index in [1.807, 2.05) is 18.2 Å². The number of alkyl halides is 3. The van der Waals surface area contributed by atoms with Gasteiger partial charge in [0.05, 0.1) is 16.8 Å². The third-order valence-electron chi connectivity index (χ3n) is 3.97. The van der Waals surface area contributed by atoms with E-state index in [4.69, 9.17) is 11.6 Å². The molecule has 0 unspecified atom stereocenters. The molecule has 0 saturated heterocycles. The fourth-order valence-electron chi connectivity index (χ4n) is 2.66. The van der Waals surface area contributed by atoms with E-state index in [0.717, 1.165) is 20.7 Å². The minimum atomic E-state index is -4.69. The average Bonchev–Trinajstić information content (AvgIpc) is 3.11. The van der Waals surface area contributed by atoms with Crippen LogP contribution >= 0.6 is 23.4 Å². The maximum absolute atomic E-state index is 13.4. The van der Waals surface area contributed by atoms with Gasteiger partial charge < -0.3 is 5.32 Å². The molecule has 0 fully saturated rings. The fourth-order valence-corrected chi connectivity index (χ4v) is 3.75. The molecule has 1 N–H and O–H groups in total. The quantitative estimate of drug-likeness (QED) is 0.491. The molecule has 29 heavy (non-hydrogen) atoms. The van der Waals surface area contributed by atoms with Crippen molar-refractivity contribution in [1.82, 2.24) is 9.78 Å². The lowest BCUT2D eigenvalue weighted by molar-refractivity contribution is -0.145. The Morgan fingerprint density at radius 3 is 2.38 bits per heavy atom. The summed E-state index contributed by atoms with van der Waals surface area (Å²) < 4.78 is 41.1. The van der Waals surface area contributed by atoms with Gasteiger partial charge in [0.2, 0.25) is 0 Å². The minimum absolute atomic E-state index is 0.379. The van der Waals surface area contributed by atoms with Gasteiger partial charge in [0.15, 0.2) is 5.69 Å². The van der Waals surface area contributed by atoms with Gasteiger partial charge in [-0.2, -0.15) is 18.3 Å². The van der Waals surface area contributed by atoms with Crippen molar-refractivity contribution in [1.29, 1.82) is 0 Å². The Morgan fingerprint density at radius 2 is 1.79 bits per heavy atom. The van der Waals surface area contributed by atoms with Crippen LogP contribution in [0.15, 0.2) is 64.5 Å². The van der Waals surface area contributed by atoms with Crippen LogP contribution in [0.2, 0.25) is 5.02 Å². The largest absolute Gasteiger partial charge is 0.433 e. The second-order valence-electron chi connectivity index (χ2n) is 6.45. The van der Waals surface area contributed by atoms with Crippen LogP contribution in [0.3, 0.4) is 0 Å². The first-order valence-corrected chi connectivity index (χ1v) is 9.84.